The molecule has 0 aromatic heterocycles. The van der Waals surface area contributed by atoms with Crippen LogP contribution in [0.1, 0.15) is 0 Å². The van der Waals surface area contributed by atoms with Crippen molar-refractivity contribution >= 4 is 31.4 Å². The van der Waals surface area contributed by atoms with E-state index in [0.717, 1.165) is 5.75 Å². The van der Waals surface area contributed by atoms with Gasteiger partial charge in [0, 0.05) is 0 Å². The minimum atomic E-state index is -0.00613. The predicted octanol–water partition coefficient (Wildman–Crippen LogP) is -1.23. The number of carbonyl (C=O) groups excluding carboxylic acids is 1. The number of nitrogens with one attached hydrogen (secondary N) is 2. The Balaban J connectivity index is 1.91. The molecule has 0 aromatic carbocycles. The van der Waals surface area contributed by atoms with Gasteiger partial charge < -0.3 is 0 Å². The number of thioether (sulfide) groups is 1. The van der Waals surface area contributed by atoms with E-state index >= 15 is 0 Å². The number of hydrogen-bond donors (Lipinski definition) is 2. The molecule has 1 spiro atoms. The third-order valence-electron chi connectivity index (χ3n) is 2.50. The topological polar surface area (TPSA) is 41.1 Å². The van der Waals surface area contributed by atoms with E-state index in [0.29, 0.717) is 12.1 Å². The minimum absolute atomic E-state index is 0.00613. The third-order valence-corrected chi connectivity index (χ3v) is 4.05. The fourth-order valence-corrected chi connectivity index (χ4v) is 3.22. The van der Waals surface area contributed by atoms with Crippen LogP contribution in [0.2, 0.25) is 0 Å². The summed E-state index contributed by atoms with van der Waals surface area (Å²) in [6, 6.07) is 0.663. The zero-order valence-electron chi connectivity index (χ0n) is 5.83. The van der Waals surface area contributed by atoms with Gasteiger partial charge in [-0.3, -0.25) is 0 Å². The molecule has 0 bridgehead atoms. The van der Waals surface area contributed by atoms with Crippen LogP contribution >= 0.6 is 11.8 Å². The van der Waals surface area contributed by atoms with Crippen molar-refractivity contribution < 1.29 is 4.79 Å². The molecule has 3 heterocycles. The Morgan fingerprint density at radius 3 is 3.09 bits per heavy atom. The zero-order chi connectivity index (χ0) is 7.47. The van der Waals surface area contributed by atoms with Crippen molar-refractivity contribution in [1.29, 1.82) is 0 Å². The molecule has 2 saturated heterocycles. The van der Waals surface area contributed by atoms with Gasteiger partial charge in [-0.05, 0) is 0 Å². The van der Waals surface area contributed by atoms with Gasteiger partial charge in [0.25, 0.3) is 0 Å². The molecule has 2 fully saturated rings. The Morgan fingerprint density at radius 1 is 1.55 bits per heavy atom. The molecule has 3 nitrogen and oxygen atoms in total. The van der Waals surface area contributed by atoms with E-state index in [1.54, 1.807) is 0 Å². The maximum absolute atomic E-state index is 10.9. The number of urea groups is 1. The summed E-state index contributed by atoms with van der Waals surface area (Å²) in [5, 5.41) is 5.84. The van der Waals surface area contributed by atoms with Gasteiger partial charge in [-0.2, -0.15) is 0 Å². The Kier molecular flexibility index (Phi) is 0.991. The fourth-order valence-electron chi connectivity index (χ4n) is 1.81. The summed E-state index contributed by atoms with van der Waals surface area (Å²) in [6.45, 7) is 4.35. The van der Waals surface area contributed by atoms with E-state index in [2.05, 4.69) is 24.2 Å². The maximum atomic E-state index is 10.9. The second-order valence-corrected chi connectivity index (χ2v) is 4.53. The average Bonchev–Trinajstić information content (AvgIpc) is 2.57. The van der Waals surface area contributed by atoms with E-state index in [-0.39, 0.29) is 10.6 Å². The molecule has 0 unspecified atom stereocenters. The number of rotatable bonds is 0. The normalized spacial score (nSPS) is 40.5. The van der Waals surface area contributed by atoms with Crippen molar-refractivity contribution in [3.8, 4) is 0 Å². The van der Waals surface area contributed by atoms with Crippen LogP contribution in [0.15, 0.2) is 0 Å². The Labute approximate surface area is 69.8 Å². The van der Waals surface area contributed by atoms with Crippen molar-refractivity contribution in [3.05, 3.63) is 0 Å². The van der Waals surface area contributed by atoms with E-state index < -0.39 is 0 Å². The average molecular weight is 164 g/mol. The summed E-state index contributed by atoms with van der Waals surface area (Å²) >= 11 is 1.92. The van der Waals surface area contributed by atoms with Crippen molar-refractivity contribution in [2.45, 2.75) is 16.6 Å². The van der Waals surface area contributed by atoms with Crippen LogP contribution in [0.25, 0.3) is 0 Å². The quantitative estimate of drug-likeness (QED) is 0.347. The summed E-state index contributed by atoms with van der Waals surface area (Å²) in [7, 11) is 0. The van der Waals surface area contributed by atoms with Crippen LogP contribution in [0.4, 0.5) is 4.79 Å². The fraction of sp³-hybridized carbons (Fsp3) is 0.800. The SMILES string of the molecule is O=C1N[C@H]2CSC3(B=B3)[C@H]2N1. The molecule has 2 amide bonds. The number of hydrogen-bond acceptors (Lipinski definition) is 2. The molecule has 0 radical (unpaired) electrons. The van der Waals surface area contributed by atoms with Crippen molar-refractivity contribution in [3.63, 3.8) is 0 Å². The molecule has 54 valence electrons. The van der Waals surface area contributed by atoms with Gasteiger partial charge in [-0.15, -0.1) is 0 Å². The molecule has 3 rings (SSSR count). The van der Waals surface area contributed by atoms with Gasteiger partial charge in [-0.1, -0.05) is 0 Å². The third kappa shape index (κ3) is 0.708. The molecule has 11 heavy (non-hydrogen) atoms. The van der Waals surface area contributed by atoms with Gasteiger partial charge in [-0.25, -0.2) is 0 Å². The first kappa shape index (κ1) is 6.29. The van der Waals surface area contributed by atoms with Gasteiger partial charge in [0.15, 0.2) is 0 Å². The summed E-state index contributed by atoms with van der Waals surface area (Å²) in [5.74, 6) is 1.04. The van der Waals surface area contributed by atoms with Crippen LogP contribution in [-0.2, 0) is 0 Å². The molecular formula is C5H6B2N2OS. The monoisotopic (exact) mass is 164 g/mol. The van der Waals surface area contributed by atoms with Crippen LogP contribution in [0.3, 0.4) is 0 Å². The van der Waals surface area contributed by atoms with E-state index in [1.807, 2.05) is 11.8 Å². The van der Waals surface area contributed by atoms with E-state index in [1.165, 1.54) is 0 Å². The van der Waals surface area contributed by atoms with Gasteiger partial charge >= 0.3 is 69.2 Å². The first-order chi connectivity index (χ1) is 5.30. The molecule has 3 aliphatic rings. The second kappa shape index (κ2) is 1.73. The van der Waals surface area contributed by atoms with E-state index in [4.69, 9.17) is 0 Å². The summed E-state index contributed by atoms with van der Waals surface area (Å²) < 4.78 is 0.198. The first-order valence-electron chi connectivity index (χ1n) is 3.72. The molecule has 0 aliphatic carbocycles. The Bertz CT molecular complexity index is 263. The van der Waals surface area contributed by atoms with Gasteiger partial charge in [0.05, 0.1) is 0 Å². The number of fused-ring (bicyclic) bond motifs is 2. The molecule has 2 atom stereocenters. The van der Waals surface area contributed by atoms with Crippen LogP contribution in [-0.4, -0.2) is 42.0 Å². The molecule has 0 saturated carbocycles. The standard InChI is InChI=1S/C5H6B2N2OS/c10-4-8-2-1-11-5(6-7-5)3(2)9-4/h2-3H,1H2,(H2,8,9,10)/t2-,3-/m0/s1. The van der Waals surface area contributed by atoms with Crippen molar-refractivity contribution in [2.75, 3.05) is 5.75 Å². The predicted molar refractivity (Wildman–Crippen MR) is 45.9 cm³/mol. The first-order valence-corrected chi connectivity index (χ1v) is 4.70. The van der Waals surface area contributed by atoms with Crippen LogP contribution < -0.4 is 10.6 Å². The number of amides is 2. The molecular weight excluding hydrogens is 158 g/mol. The van der Waals surface area contributed by atoms with Crippen LogP contribution in [0, 0.1) is 0 Å². The zero-order valence-corrected chi connectivity index (χ0v) is 6.65. The number of carbonyl (C=O) groups is 1. The van der Waals surface area contributed by atoms with Gasteiger partial charge in [0.2, 0.25) is 0 Å². The summed E-state index contributed by atoms with van der Waals surface area (Å²) in [4.78, 5) is 10.9. The Hall–Kier alpha value is -0.250. The van der Waals surface area contributed by atoms with E-state index in [9.17, 15) is 4.79 Å². The molecule has 0 aromatic rings. The Morgan fingerprint density at radius 2 is 2.36 bits per heavy atom. The second-order valence-electron chi connectivity index (χ2n) is 3.20. The summed E-state index contributed by atoms with van der Waals surface area (Å²) in [6.07, 6.45) is 0. The molecule has 2 N–H and O–H groups in total. The molecule has 3 aliphatic heterocycles. The van der Waals surface area contributed by atoms with Gasteiger partial charge in [0.1, 0.15) is 0 Å². The molecule has 6 heteroatoms. The van der Waals surface area contributed by atoms with Crippen LogP contribution in [0.5, 0.6) is 0 Å². The van der Waals surface area contributed by atoms with Crippen molar-refractivity contribution in [1.82, 2.24) is 10.6 Å². The summed E-state index contributed by atoms with van der Waals surface area (Å²) in [5.41, 5.74) is 0. The van der Waals surface area contributed by atoms with Crippen molar-refractivity contribution in [2.24, 2.45) is 0 Å².